The van der Waals surface area contributed by atoms with Gasteiger partial charge in [-0.3, -0.25) is 9.59 Å². The zero-order chi connectivity index (χ0) is 30.4. The molecule has 1 aromatic heterocycles. The standard InChI is InChI=1S/C32H39N5O5/c1-21-12-8-9-13-22(21)16-17-36(28(38)20-37-25-15-11-10-14-24(25)34-35-37)29(31(39)33-32(2,3)4)23-18-26(40-5)30(42-7)27(19-23)41-6/h8-15,18-19,29H,16-17,20H2,1-7H3,(H,33,39)/t29-/m0/s1. The molecule has 0 bridgehead atoms. The zero-order valence-electron chi connectivity index (χ0n) is 25.3. The van der Waals surface area contributed by atoms with Crippen LogP contribution < -0.4 is 19.5 Å². The van der Waals surface area contributed by atoms with Gasteiger partial charge >= 0.3 is 0 Å². The summed E-state index contributed by atoms with van der Waals surface area (Å²) in [5, 5.41) is 11.5. The lowest BCUT2D eigenvalue weighted by molar-refractivity contribution is -0.142. The normalized spacial score (nSPS) is 12.1. The number of nitrogens with zero attached hydrogens (tertiary/aromatic N) is 4. The summed E-state index contributed by atoms with van der Waals surface area (Å²) < 4.78 is 18.3. The van der Waals surface area contributed by atoms with Gasteiger partial charge < -0.3 is 24.4 Å². The number of hydrogen-bond donors (Lipinski definition) is 1. The van der Waals surface area contributed by atoms with Gasteiger partial charge in [0.25, 0.3) is 0 Å². The van der Waals surface area contributed by atoms with Gasteiger partial charge in [0.15, 0.2) is 11.5 Å². The topological polar surface area (TPSA) is 108 Å². The summed E-state index contributed by atoms with van der Waals surface area (Å²) in [7, 11) is 4.55. The number of fused-ring (bicyclic) bond motifs is 1. The van der Waals surface area contributed by atoms with Gasteiger partial charge in [-0.2, -0.15) is 0 Å². The molecule has 0 spiro atoms. The minimum Gasteiger partial charge on any atom is -0.493 e. The Labute approximate surface area is 246 Å². The lowest BCUT2D eigenvalue weighted by Crippen LogP contribution is -2.50. The van der Waals surface area contributed by atoms with Gasteiger partial charge in [-0.1, -0.05) is 41.6 Å². The number of benzene rings is 3. The zero-order valence-corrected chi connectivity index (χ0v) is 25.3. The monoisotopic (exact) mass is 573 g/mol. The SMILES string of the molecule is COc1cc([C@@H](C(=O)NC(C)(C)C)N(CCc2ccccc2C)C(=O)Cn2nnc3ccccc32)cc(OC)c1OC. The summed E-state index contributed by atoms with van der Waals surface area (Å²) in [6.07, 6.45) is 0.542. The van der Waals surface area contributed by atoms with E-state index in [0.29, 0.717) is 34.7 Å². The molecule has 0 radical (unpaired) electrons. The van der Waals surface area contributed by atoms with Crippen molar-refractivity contribution in [3.8, 4) is 17.2 Å². The largest absolute Gasteiger partial charge is 0.493 e. The average Bonchev–Trinajstić information content (AvgIpc) is 3.36. The number of rotatable bonds is 11. The average molecular weight is 574 g/mol. The second-order valence-corrected chi connectivity index (χ2v) is 11.1. The Balaban J connectivity index is 1.83. The summed E-state index contributed by atoms with van der Waals surface area (Å²) in [6, 6.07) is 17.9. The quantitative estimate of drug-likeness (QED) is 0.282. The summed E-state index contributed by atoms with van der Waals surface area (Å²) in [5.74, 6) is 0.536. The van der Waals surface area contributed by atoms with Crippen LogP contribution in [0, 0.1) is 6.92 Å². The van der Waals surface area contributed by atoms with Crippen LogP contribution in [0.1, 0.15) is 43.5 Å². The van der Waals surface area contributed by atoms with Crippen molar-refractivity contribution in [2.45, 2.75) is 52.2 Å². The molecule has 1 heterocycles. The van der Waals surface area contributed by atoms with Crippen LogP contribution in [-0.2, 0) is 22.6 Å². The fraction of sp³-hybridized carbons (Fsp3) is 0.375. The second-order valence-electron chi connectivity index (χ2n) is 11.1. The molecule has 10 nitrogen and oxygen atoms in total. The molecule has 0 unspecified atom stereocenters. The molecule has 10 heteroatoms. The third-order valence-corrected chi connectivity index (χ3v) is 6.97. The van der Waals surface area contributed by atoms with E-state index in [-0.39, 0.29) is 24.9 Å². The van der Waals surface area contributed by atoms with Crippen molar-refractivity contribution in [2.75, 3.05) is 27.9 Å². The molecule has 0 saturated heterocycles. The Bertz CT molecular complexity index is 1530. The van der Waals surface area contributed by atoms with Crippen molar-refractivity contribution >= 4 is 22.8 Å². The third kappa shape index (κ3) is 6.82. The highest BCUT2D eigenvalue weighted by Crippen LogP contribution is 2.41. The van der Waals surface area contributed by atoms with Crippen LogP contribution in [0.15, 0.2) is 60.7 Å². The summed E-state index contributed by atoms with van der Waals surface area (Å²) in [6.45, 7) is 7.91. The first-order chi connectivity index (χ1) is 20.1. The number of hydrogen-bond acceptors (Lipinski definition) is 7. The summed E-state index contributed by atoms with van der Waals surface area (Å²) in [5.41, 5.74) is 3.57. The van der Waals surface area contributed by atoms with E-state index in [0.717, 1.165) is 16.6 Å². The number of aromatic nitrogens is 3. The molecule has 4 aromatic rings. The molecule has 1 N–H and O–H groups in total. The lowest BCUT2D eigenvalue weighted by Gasteiger charge is -2.34. The minimum absolute atomic E-state index is 0.0992. The van der Waals surface area contributed by atoms with Crippen molar-refractivity contribution in [1.29, 1.82) is 0 Å². The van der Waals surface area contributed by atoms with Gasteiger partial charge in [-0.05, 0) is 75.1 Å². The molecular formula is C32H39N5O5. The van der Waals surface area contributed by atoms with E-state index in [1.54, 1.807) is 21.7 Å². The van der Waals surface area contributed by atoms with Crippen LogP contribution in [-0.4, -0.2) is 65.1 Å². The fourth-order valence-electron chi connectivity index (χ4n) is 4.95. The molecule has 4 rings (SSSR count). The first-order valence-corrected chi connectivity index (χ1v) is 13.8. The number of carbonyl (C=O) groups excluding carboxylic acids is 2. The molecule has 2 amide bonds. The van der Waals surface area contributed by atoms with Crippen LogP contribution in [0.2, 0.25) is 0 Å². The van der Waals surface area contributed by atoms with E-state index in [1.807, 2.05) is 76.2 Å². The molecular weight excluding hydrogens is 534 g/mol. The smallest absolute Gasteiger partial charge is 0.247 e. The number of ether oxygens (including phenoxy) is 3. The first-order valence-electron chi connectivity index (χ1n) is 13.8. The van der Waals surface area contributed by atoms with Crippen molar-refractivity contribution in [1.82, 2.24) is 25.2 Å². The van der Waals surface area contributed by atoms with E-state index in [4.69, 9.17) is 14.2 Å². The van der Waals surface area contributed by atoms with Crippen molar-refractivity contribution in [3.05, 3.63) is 77.4 Å². The predicted octanol–water partition coefficient (Wildman–Crippen LogP) is 4.49. The Hall–Kier alpha value is -4.60. The maximum atomic E-state index is 14.2. The van der Waals surface area contributed by atoms with E-state index in [2.05, 4.69) is 15.6 Å². The molecule has 42 heavy (non-hydrogen) atoms. The highest BCUT2D eigenvalue weighted by atomic mass is 16.5. The number of para-hydroxylation sites is 1. The van der Waals surface area contributed by atoms with Gasteiger partial charge in [0.2, 0.25) is 17.6 Å². The molecule has 3 aromatic carbocycles. The van der Waals surface area contributed by atoms with Gasteiger partial charge in [-0.15, -0.1) is 5.10 Å². The van der Waals surface area contributed by atoms with Crippen molar-refractivity contribution < 1.29 is 23.8 Å². The number of amides is 2. The maximum absolute atomic E-state index is 14.2. The Morgan fingerprint density at radius 2 is 1.60 bits per heavy atom. The van der Waals surface area contributed by atoms with Gasteiger partial charge in [0, 0.05) is 12.1 Å². The number of aryl methyl sites for hydroxylation is 1. The van der Waals surface area contributed by atoms with E-state index >= 15 is 0 Å². The summed E-state index contributed by atoms with van der Waals surface area (Å²) in [4.78, 5) is 29.9. The first kappa shape index (κ1) is 30.4. The molecule has 0 fully saturated rings. The van der Waals surface area contributed by atoms with Crippen LogP contribution in [0.4, 0.5) is 0 Å². The molecule has 222 valence electrons. The van der Waals surface area contributed by atoms with Crippen LogP contribution in [0.5, 0.6) is 17.2 Å². The van der Waals surface area contributed by atoms with E-state index < -0.39 is 11.6 Å². The third-order valence-electron chi connectivity index (χ3n) is 6.97. The number of nitrogens with one attached hydrogen (secondary N) is 1. The van der Waals surface area contributed by atoms with Crippen LogP contribution >= 0.6 is 0 Å². The van der Waals surface area contributed by atoms with Gasteiger partial charge in [-0.25, -0.2) is 4.68 Å². The highest BCUT2D eigenvalue weighted by molar-refractivity contribution is 5.90. The second kappa shape index (κ2) is 12.9. The van der Waals surface area contributed by atoms with Crippen LogP contribution in [0.3, 0.4) is 0 Å². The summed E-state index contributed by atoms with van der Waals surface area (Å²) >= 11 is 0. The number of carbonyl (C=O) groups is 2. The fourth-order valence-corrected chi connectivity index (χ4v) is 4.95. The minimum atomic E-state index is -1.01. The Morgan fingerprint density at radius 1 is 0.952 bits per heavy atom. The van der Waals surface area contributed by atoms with Crippen molar-refractivity contribution in [3.63, 3.8) is 0 Å². The highest BCUT2D eigenvalue weighted by Gasteiger charge is 2.35. The van der Waals surface area contributed by atoms with Crippen molar-refractivity contribution in [2.24, 2.45) is 0 Å². The molecule has 0 saturated carbocycles. The Morgan fingerprint density at radius 3 is 2.21 bits per heavy atom. The molecule has 1 atom stereocenters. The molecule has 0 aliphatic rings. The maximum Gasteiger partial charge on any atom is 0.247 e. The van der Waals surface area contributed by atoms with E-state index in [9.17, 15) is 9.59 Å². The van der Waals surface area contributed by atoms with Gasteiger partial charge in [0.1, 0.15) is 18.1 Å². The molecule has 0 aliphatic carbocycles. The van der Waals surface area contributed by atoms with E-state index in [1.165, 1.54) is 21.3 Å². The van der Waals surface area contributed by atoms with Gasteiger partial charge in [0.05, 0.1) is 26.8 Å². The Kier molecular flexibility index (Phi) is 9.35. The predicted molar refractivity (Wildman–Crippen MR) is 161 cm³/mol. The van der Waals surface area contributed by atoms with Crippen LogP contribution in [0.25, 0.3) is 11.0 Å². The number of methoxy groups -OCH3 is 3. The molecule has 0 aliphatic heterocycles. The lowest BCUT2D eigenvalue weighted by atomic mass is 9.99.